The molecule has 0 aromatic rings. The van der Waals surface area contributed by atoms with Crippen molar-refractivity contribution in [2.75, 3.05) is 19.8 Å². The lowest BCUT2D eigenvalue weighted by Crippen LogP contribution is -2.65. The molecule has 44 heavy (non-hydrogen) atoms. The molecule has 0 amide bonds. The minimum atomic E-state index is -2.38. The third kappa shape index (κ3) is 9.55. The Kier molecular flexibility index (Phi) is 14.4. The van der Waals surface area contributed by atoms with E-state index >= 15 is 0 Å². The SMILES string of the molecule is CCC(C)C(=O)OC1C(OC(=O)CC(C)C)C(CO)OC(OC2(CO)OC(CO)C(O)C2OC(=O)CC(C)C)C1OC(C)=O. The van der Waals surface area contributed by atoms with Crippen LogP contribution in [0.2, 0.25) is 0 Å². The zero-order valence-corrected chi connectivity index (χ0v) is 26.4. The van der Waals surface area contributed by atoms with Crippen molar-refractivity contribution in [2.24, 2.45) is 17.8 Å². The summed E-state index contributed by atoms with van der Waals surface area (Å²) in [5, 5.41) is 41.4. The third-order valence-electron chi connectivity index (χ3n) is 7.21. The highest BCUT2D eigenvalue weighted by Gasteiger charge is 2.62. The zero-order chi connectivity index (χ0) is 33.4. The molecular formula is C29H48O15. The molecule has 0 radical (unpaired) electrons. The maximum absolute atomic E-state index is 13.0. The molecule has 254 valence electrons. The molecule has 2 fully saturated rings. The molecule has 10 atom stereocenters. The van der Waals surface area contributed by atoms with E-state index in [-0.39, 0.29) is 24.7 Å². The van der Waals surface area contributed by atoms with E-state index in [0.717, 1.165) is 6.92 Å². The van der Waals surface area contributed by atoms with Crippen molar-refractivity contribution in [1.29, 1.82) is 0 Å². The molecule has 2 aliphatic rings. The van der Waals surface area contributed by atoms with Crippen molar-refractivity contribution in [2.45, 2.75) is 123 Å². The topological polar surface area (TPSA) is 214 Å². The lowest BCUT2D eigenvalue weighted by molar-refractivity contribution is -0.384. The number of hydrogen-bond donors (Lipinski definition) is 4. The minimum absolute atomic E-state index is 0.0236. The first-order valence-electron chi connectivity index (χ1n) is 14.9. The molecule has 2 heterocycles. The Labute approximate surface area is 257 Å². The normalized spacial score (nSPS) is 32.8. The van der Waals surface area contributed by atoms with Gasteiger partial charge in [0.1, 0.15) is 24.9 Å². The van der Waals surface area contributed by atoms with Gasteiger partial charge in [-0.25, -0.2) is 0 Å². The third-order valence-corrected chi connectivity index (χ3v) is 7.21. The van der Waals surface area contributed by atoms with Crippen LogP contribution >= 0.6 is 0 Å². The number of carbonyl (C=O) groups excluding carboxylic acids is 4. The van der Waals surface area contributed by atoms with Crippen LogP contribution in [-0.2, 0) is 52.3 Å². The van der Waals surface area contributed by atoms with Crippen molar-refractivity contribution in [3.8, 4) is 0 Å². The number of carbonyl (C=O) groups is 4. The number of hydrogen-bond acceptors (Lipinski definition) is 15. The first-order valence-corrected chi connectivity index (χ1v) is 14.9. The Morgan fingerprint density at radius 1 is 0.795 bits per heavy atom. The predicted molar refractivity (Wildman–Crippen MR) is 148 cm³/mol. The molecule has 0 aromatic heterocycles. The van der Waals surface area contributed by atoms with Crippen molar-refractivity contribution >= 4 is 23.9 Å². The summed E-state index contributed by atoms with van der Waals surface area (Å²) in [5.41, 5.74) is 0. The van der Waals surface area contributed by atoms with Gasteiger partial charge < -0.3 is 53.6 Å². The highest BCUT2D eigenvalue weighted by molar-refractivity contribution is 5.73. The van der Waals surface area contributed by atoms with Crippen LogP contribution < -0.4 is 0 Å². The quantitative estimate of drug-likeness (QED) is 0.137. The van der Waals surface area contributed by atoms with Gasteiger partial charge >= 0.3 is 23.9 Å². The Balaban J connectivity index is 2.59. The number of aliphatic hydroxyl groups is 4. The summed E-state index contributed by atoms with van der Waals surface area (Å²) in [6.45, 7) is 8.87. The summed E-state index contributed by atoms with van der Waals surface area (Å²) in [6, 6.07) is 0. The lowest BCUT2D eigenvalue weighted by Gasteiger charge is -2.46. The van der Waals surface area contributed by atoms with E-state index in [4.69, 9.17) is 33.2 Å². The van der Waals surface area contributed by atoms with Gasteiger partial charge in [0.2, 0.25) is 12.1 Å². The van der Waals surface area contributed by atoms with Crippen LogP contribution in [0.4, 0.5) is 0 Å². The van der Waals surface area contributed by atoms with E-state index in [1.54, 1.807) is 41.5 Å². The summed E-state index contributed by atoms with van der Waals surface area (Å²) in [7, 11) is 0. The predicted octanol–water partition coefficient (Wildman–Crippen LogP) is -0.0338. The highest BCUT2D eigenvalue weighted by atomic mass is 16.8. The Hall–Kier alpha value is -2.40. The molecule has 2 aliphatic heterocycles. The summed E-state index contributed by atoms with van der Waals surface area (Å²) >= 11 is 0. The van der Waals surface area contributed by atoms with Crippen LogP contribution in [0.15, 0.2) is 0 Å². The van der Waals surface area contributed by atoms with E-state index in [2.05, 4.69) is 0 Å². The molecule has 15 heteroatoms. The van der Waals surface area contributed by atoms with Crippen LogP contribution in [0.25, 0.3) is 0 Å². The van der Waals surface area contributed by atoms with Gasteiger partial charge in [0.05, 0.1) is 19.1 Å². The largest absolute Gasteiger partial charge is 0.455 e. The average Bonchev–Trinajstić information content (AvgIpc) is 3.20. The maximum atomic E-state index is 13.0. The molecule has 2 rings (SSSR count). The lowest BCUT2D eigenvalue weighted by atomic mass is 9.97. The monoisotopic (exact) mass is 636 g/mol. The zero-order valence-electron chi connectivity index (χ0n) is 26.4. The van der Waals surface area contributed by atoms with Crippen molar-refractivity contribution in [1.82, 2.24) is 0 Å². The van der Waals surface area contributed by atoms with Crippen LogP contribution in [0.3, 0.4) is 0 Å². The van der Waals surface area contributed by atoms with E-state index < -0.39 is 104 Å². The summed E-state index contributed by atoms with van der Waals surface area (Å²) in [5.74, 6) is -6.32. The van der Waals surface area contributed by atoms with Crippen molar-refractivity contribution < 1.29 is 72.8 Å². The molecule has 0 aliphatic carbocycles. The summed E-state index contributed by atoms with van der Waals surface area (Å²) in [6.07, 6.45) is -12.4. The fourth-order valence-electron chi connectivity index (χ4n) is 4.80. The van der Waals surface area contributed by atoms with E-state index in [0.29, 0.717) is 6.42 Å². The maximum Gasteiger partial charge on any atom is 0.309 e. The van der Waals surface area contributed by atoms with Gasteiger partial charge in [0.15, 0.2) is 24.4 Å². The average molecular weight is 637 g/mol. The van der Waals surface area contributed by atoms with Gasteiger partial charge in [0, 0.05) is 19.8 Å². The fraction of sp³-hybridized carbons (Fsp3) is 0.862. The van der Waals surface area contributed by atoms with Crippen LogP contribution in [-0.4, -0.2) is 119 Å². The van der Waals surface area contributed by atoms with Crippen molar-refractivity contribution in [3.05, 3.63) is 0 Å². The number of esters is 4. The second kappa shape index (κ2) is 16.8. The highest BCUT2D eigenvalue weighted by Crippen LogP contribution is 2.39. The number of rotatable bonds is 15. The molecule has 0 bridgehead atoms. The Morgan fingerprint density at radius 3 is 1.84 bits per heavy atom. The molecule has 4 N–H and O–H groups in total. The van der Waals surface area contributed by atoms with E-state index in [1.165, 1.54) is 0 Å². The van der Waals surface area contributed by atoms with E-state index in [9.17, 15) is 39.6 Å². The second-order valence-corrected chi connectivity index (χ2v) is 12.0. The van der Waals surface area contributed by atoms with Crippen molar-refractivity contribution in [3.63, 3.8) is 0 Å². The second-order valence-electron chi connectivity index (χ2n) is 12.0. The molecule has 15 nitrogen and oxygen atoms in total. The first kappa shape index (κ1) is 37.8. The summed E-state index contributed by atoms with van der Waals surface area (Å²) < 4.78 is 39.8. The van der Waals surface area contributed by atoms with Crippen LogP contribution in [0, 0.1) is 17.8 Å². The van der Waals surface area contributed by atoms with Crippen LogP contribution in [0.5, 0.6) is 0 Å². The first-order chi connectivity index (χ1) is 20.6. The van der Waals surface area contributed by atoms with Gasteiger partial charge in [-0.15, -0.1) is 0 Å². The smallest absolute Gasteiger partial charge is 0.309 e. The minimum Gasteiger partial charge on any atom is -0.455 e. The molecule has 0 aromatic carbocycles. The molecule has 0 spiro atoms. The van der Waals surface area contributed by atoms with E-state index in [1.807, 2.05) is 0 Å². The van der Waals surface area contributed by atoms with Gasteiger partial charge in [-0.3, -0.25) is 19.2 Å². The van der Waals surface area contributed by atoms with Gasteiger partial charge in [-0.05, 0) is 18.3 Å². The summed E-state index contributed by atoms with van der Waals surface area (Å²) in [4.78, 5) is 50.6. The number of ether oxygens (including phenoxy) is 7. The molecule has 2 saturated heterocycles. The number of aliphatic hydroxyl groups excluding tert-OH is 4. The standard InChI is InChI=1S/C29H48O15/c1-8-16(6)27(37)42-24-23(40-20(34)9-14(2)3)19(12-31)39-28(25(24)38-17(7)33)44-29(13-32)26(22(36)18(11-30)43-29)41-21(35)10-15(4)5/h14-16,18-19,22-26,28,30-32,36H,8-13H2,1-7H3. The Morgan fingerprint density at radius 2 is 1.36 bits per heavy atom. The molecular weight excluding hydrogens is 588 g/mol. The van der Waals surface area contributed by atoms with Gasteiger partial charge in [0.25, 0.3) is 0 Å². The molecule has 10 unspecified atom stereocenters. The van der Waals surface area contributed by atoms with Crippen LogP contribution in [0.1, 0.15) is 67.7 Å². The molecule has 0 saturated carbocycles. The fourth-order valence-corrected chi connectivity index (χ4v) is 4.80. The van der Waals surface area contributed by atoms with Gasteiger partial charge in [-0.1, -0.05) is 41.5 Å². The Bertz CT molecular complexity index is 970. The van der Waals surface area contributed by atoms with Gasteiger partial charge in [-0.2, -0.15) is 0 Å².